The number of methoxy groups -OCH3 is 1. The molecule has 0 aliphatic rings. The number of hydrogen-bond acceptors (Lipinski definition) is 5. The highest BCUT2D eigenvalue weighted by atomic mass is 32.1. The Morgan fingerprint density at radius 1 is 1.19 bits per heavy atom. The summed E-state index contributed by atoms with van der Waals surface area (Å²) in [6, 6.07) is 13.1. The first-order valence-corrected chi connectivity index (χ1v) is 8.99. The van der Waals surface area contributed by atoms with Crippen LogP contribution in [-0.4, -0.2) is 29.8 Å². The molecular formula is C19H18FN3O2S. The Kier molecular flexibility index (Phi) is 5.58. The number of nitrogens with zero attached hydrogens (tertiary/aromatic N) is 3. The van der Waals surface area contributed by atoms with Gasteiger partial charge in [0.25, 0.3) is 5.91 Å². The number of rotatable bonds is 6. The molecule has 2 aromatic carbocycles. The van der Waals surface area contributed by atoms with Crippen molar-refractivity contribution in [3.05, 3.63) is 59.9 Å². The minimum Gasteiger partial charge on any atom is -0.497 e. The maximum absolute atomic E-state index is 13.4. The third kappa shape index (κ3) is 3.88. The summed E-state index contributed by atoms with van der Waals surface area (Å²) < 4.78 is 18.6. The highest BCUT2D eigenvalue weighted by Crippen LogP contribution is 2.30. The lowest BCUT2D eigenvalue weighted by atomic mass is 10.2. The monoisotopic (exact) mass is 371 g/mol. The number of carbonyl (C=O) groups excluding carboxylic acids is 1. The van der Waals surface area contributed by atoms with Crippen molar-refractivity contribution in [2.45, 2.75) is 13.3 Å². The fourth-order valence-corrected chi connectivity index (χ4v) is 3.33. The topological polar surface area (TPSA) is 55.3 Å². The number of hydrogen-bond donors (Lipinski definition) is 0. The van der Waals surface area contributed by atoms with Crippen LogP contribution in [0.5, 0.6) is 5.75 Å². The third-order valence-corrected chi connectivity index (χ3v) is 4.74. The average Bonchev–Trinajstić information content (AvgIpc) is 3.15. The maximum Gasteiger partial charge on any atom is 0.260 e. The Balaban J connectivity index is 1.89. The first-order chi connectivity index (χ1) is 12.6. The van der Waals surface area contributed by atoms with Gasteiger partial charge in [-0.25, -0.2) is 4.39 Å². The van der Waals surface area contributed by atoms with Crippen molar-refractivity contribution >= 4 is 22.4 Å². The normalized spacial score (nSPS) is 10.6. The molecule has 0 saturated carbocycles. The van der Waals surface area contributed by atoms with Gasteiger partial charge in [-0.3, -0.25) is 9.69 Å². The fourth-order valence-electron chi connectivity index (χ4n) is 2.46. The Morgan fingerprint density at radius 2 is 1.96 bits per heavy atom. The van der Waals surface area contributed by atoms with E-state index in [4.69, 9.17) is 4.74 Å². The van der Waals surface area contributed by atoms with E-state index in [0.717, 1.165) is 6.42 Å². The van der Waals surface area contributed by atoms with Gasteiger partial charge in [-0.05, 0) is 42.8 Å². The molecule has 0 unspecified atom stereocenters. The zero-order valence-electron chi connectivity index (χ0n) is 14.5. The molecule has 134 valence electrons. The smallest absolute Gasteiger partial charge is 0.260 e. The number of carbonyl (C=O) groups is 1. The van der Waals surface area contributed by atoms with Crippen LogP contribution in [0.2, 0.25) is 0 Å². The zero-order valence-corrected chi connectivity index (χ0v) is 15.3. The van der Waals surface area contributed by atoms with Crippen LogP contribution >= 0.6 is 11.3 Å². The number of benzene rings is 2. The van der Waals surface area contributed by atoms with E-state index in [1.807, 2.05) is 6.92 Å². The minimum absolute atomic E-state index is 0.156. The number of amides is 1. The van der Waals surface area contributed by atoms with E-state index in [-0.39, 0.29) is 11.7 Å². The Morgan fingerprint density at radius 3 is 2.62 bits per heavy atom. The van der Waals surface area contributed by atoms with Crippen LogP contribution in [0.3, 0.4) is 0 Å². The largest absolute Gasteiger partial charge is 0.497 e. The van der Waals surface area contributed by atoms with Crippen LogP contribution in [0.1, 0.15) is 23.7 Å². The lowest BCUT2D eigenvalue weighted by Gasteiger charge is -2.18. The second kappa shape index (κ2) is 8.05. The van der Waals surface area contributed by atoms with Crippen molar-refractivity contribution in [3.8, 4) is 16.3 Å². The van der Waals surface area contributed by atoms with Gasteiger partial charge in [0.1, 0.15) is 16.6 Å². The number of halogens is 1. The van der Waals surface area contributed by atoms with Crippen molar-refractivity contribution in [1.82, 2.24) is 10.2 Å². The molecule has 26 heavy (non-hydrogen) atoms. The van der Waals surface area contributed by atoms with E-state index < -0.39 is 0 Å². The van der Waals surface area contributed by atoms with Crippen LogP contribution in [0.25, 0.3) is 10.6 Å². The summed E-state index contributed by atoms with van der Waals surface area (Å²) in [6.45, 7) is 2.51. The van der Waals surface area contributed by atoms with Crippen LogP contribution in [-0.2, 0) is 0 Å². The lowest BCUT2D eigenvalue weighted by molar-refractivity contribution is 0.0986. The highest BCUT2D eigenvalue weighted by Gasteiger charge is 2.21. The van der Waals surface area contributed by atoms with Gasteiger partial charge in [-0.1, -0.05) is 30.4 Å². The van der Waals surface area contributed by atoms with Gasteiger partial charge in [0.15, 0.2) is 0 Å². The molecule has 5 nitrogen and oxygen atoms in total. The number of aromatic nitrogens is 2. The molecule has 0 spiro atoms. The van der Waals surface area contributed by atoms with E-state index in [0.29, 0.717) is 33.6 Å². The van der Waals surface area contributed by atoms with Gasteiger partial charge in [0.2, 0.25) is 5.13 Å². The molecule has 0 bridgehead atoms. The summed E-state index contributed by atoms with van der Waals surface area (Å²) in [5, 5.41) is 9.33. The predicted molar refractivity (Wildman–Crippen MR) is 100 cm³/mol. The fraction of sp³-hybridized carbons (Fsp3) is 0.211. The van der Waals surface area contributed by atoms with Gasteiger partial charge in [-0.2, -0.15) is 0 Å². The van der Waals surface area contributed by atoms with Crippen LogP contribution in [0.15, 0.2) is 48.5 Å². The van der Waals surface area contributed by atoms with Crippen molar-refractivity contribution in [3.63, 3.8) is 0 Å². The van der Waals surface area contributed by atoms with Crippen LogP contribution in [0, 0.1) is 5.82 Å². The van der Waals surface area contributed by atoms with Crippen molar-refractivity contribution in [1.29, 1.82) is 0 Å². The summed E-state index contributed by atoms with van der Waals surface area (Å²) in [5.41, 5.74) is 1.18. The summed E-state index contributed by atoms with van der Waals surface area (Å²) in [6.07, 6.45) is 0.775. The van der Waals surface area contributed by atoms with Crippen molar-refractivity contribution in [2.75, 3.05) is 18.6 Å². The molecule has 0 atom stereocenters. The average molecular weight is 371 g/mol. The summed E-state index contributed by atoms with van der Waals surface area (Å²) >= 11 is 1.26. The first-order valence-electron chi connectivity index (χ1n) is 8.17. The molecule has 0 N–H and O–H groups in total. The molecule has 3 rings (SSSR count). The Labute approximate surface area is 155 Å². The van der Waals surface area contributed by atoms with Gasteiger partial charge in [0, 0.05) is 17.7 Å². The van der Waals surface area contributed by atoms with Crippen LogP contribution in [0.4, 0.5) is 9.52 Å². The van der Waals surface area contributed by atoms with Crippen LogP contribution < -0.4 is 9.64 Å². The summed E-state index contributed by atoms with van der Waals surface area (Å²) in [7, 11) is 1.58. The molecule has 0 radical (unpaired) electrons. The van der Waals surface area contributed by atoms with Crippen molar-refractivity contribution in [2.24, 2.45) is 0 Å². The van der Waals surface area contributed by atoms with E-state index >= 15 is 0 Å². The molecule has 1 amide bonds. The predicted octanol–water partition coefficient (Wildman–Crippen LogP) is 4.41. The molecule has 0 aliphatic heterocycles. The maximum atomic E-state index is 13.4. The van der Waals surface area contributed by atoms with Gasteiger partial charge >= 0.3 is 0 Å². The van der Waals surface area contributed by atoms with Gasteiger partial charge < -0.3 is 4.74 Å². The molecule has 1 heterocycles. The van der Waals surface area contributed by atoms with E-state index in [1.54, 1.807) is 48.4 Å². The quantitative estimate of drug-likeness (QED) is 0.644. The van der Waals surface area contributed by atoms with Crippen molar-refractivity contribution < 1.29 is 13.9 Å². The number of anilines is 1. The van der Waals surface area contributed by atoms with Gasteiger partial charge in [-0.15, -0.1) is 10.2 Å². The SMILES string of the molecule is CCCN(C(=O)c1ccc(OC)cc1)c1nnc(-c2cccc(F)c2)s1. The van der Waals surface area contributed by atoms with Gasteiger partial charge in [0.05, 0.1) is 7.11 Å². The molecule has 0 fully saturated rings. The van der Waals surface area contributed by atoms with E-state index in [2.05, 4.69) is 10.2 Å². The molecule has 0 aliphatic carbocycles. The Bertz CT molecular complexity index is 896. The molecule has 0 saturated heterocycles. The minimum atomic E-state index is -0.334. The number of ether oxygens (including phenoxy) is 1. The highest BCUT2D eigenvalue weighted by molar-refractivity contribution is 7.18. The molecular weight excluding hydrogens is 353 g/mol. The molecule has 1 aromatic heterocycles. The second-order valence-corrected chi connectivity index (χ2v) is 6.54. The second-order valence-electron chi connectivity index (χ2n) is 5.59. The summed E-state index contributed by atoms with van der Waals surface area (Å²) in [5.74, 6) is 0.198. The van der Waals surface area contributed by atoms with E-state index in [9.17, 15) is 9.18 Å². The molecule has 3 aromatic rings. The Hall–Kier alpha value is -2.80. The third-order valence-electron chi connectivity index (χ3n) is 3.75. The first kappa shape index (κ1) is 18.0. The van der Waals surface area contributed by atoms with E-state index in [1.165, 1.54) is 23.5 Å². The standard InChI is InChI=1S/C19H18FN3O2S/c1-3-11-23(18(24)13-7-9-16(25-2)10-8-13)19-22-21-17(26-19)14-5-4-6-15(20)12-14/h4-10,12H,3,11H2,1-2H3. The summed E-state index contributed by atoms with van der Waals surface area (Å²) in [4.78, 5) is 14.5. The lowest BCUT2D eigenvalue weighted by Crippen LogP contribution is -2.31. The zero-order chi connectivity index (χ0) is 18.5. The molecule has 7 heteroatoms.